The molecular weight excluding hydrogens is 334 g/mol. The Morgan fingerprint density at radius 1 is 1.08 bits per heavy atom. The van der Waals surface area contributed by atoms with Crippen molar-refractivity contribution in [1.82, 2.24) is 4.98 Å². The van der Waals surface area contributed by atoms with Crippen LogP contribution in [0.25, 0.3) is 10.9 Å². The minimum atomic E-state index is -0.529. The lowest BCUT2D eigenvalue weighted by Gasteiger charge is -2.14. The number of para-hydroxylation sites is 1. The number of hydrogen-bond acceptors (Lipinski definition) is 6. The van der Waals surface area contributed by atoms with Crippen molar-refractivity contribution >= 4 is 22.8 Å². The zero-order valence-corrected chi connectivity index (χ0v) is 14.9. The van der Waals surface area contributed by atoms with Crippen molar-refractivity contribution in [3.63, 3.8) is 0 Å². The summed E-state index contributed by atoms with van der Waals surface area (Å²) in [6.45, 7) is 5.37. The third kappa shape index (κ3) is 3.31. The number of aryl methyl sites for hydroxylation is 2. The number of carbonyl (C=O) groups excluding carboxylic acids is 2. The number of ether oxygens (including phenoxy) is 2. The number of carbonyl (C=O) groups is 2. The summed E-state index contributed by atoms with van der Waals surface area (Å²) in [4.78, 5) is 29.2. The number of fused-ring (bicyclic) bond motifs is 1. The Labute approximate surface area is 150 Å². The van der Waals surface area contributed by atoms with E-state index in [4.69, 9.17) is 13.9 Å². The monoisotopic (exact) mass is 353 g/mol. The van der Waals surface area contributed by atoms with Crippen LogP contribution in [-0.4, -0.2) is 23.5 Å². The van der Waals surface area contributed by atoms with Gasteiger partial charge in [-0.2, -0.15) is 0 Å². The van der Waals surface area contributed by atoms with E-state index in [1.54, 1.807) is 19.9 Å². The quantitative estimate of drug-likeness (QED) is 0.646. The number of aromatic nitrogens is 1. The Kier molecular flexibility index (Phi) is 5.02. The van der Waals surface area contributed by atoms with Gasteiger partial charge in [0.2, 0.25) is 0 Å². The number of furan rings is 1. The SMILES string of the molecule is CCOC(=O)c1c(COC(=O)c2ccoc2C)nc2ccccc2c1C. The fraction of sp³-hybridized carbons (Fsp3) is 0.250. The van der Waals surface area contributed by atoms with Crippen LogP contribution in [0.2, 0.25) is 0 Å². The van der Waals surface area contributed by atoms with Crippen molar-refractivity contribution in [1.29, 1.82) is 0 Å². The van der Waals surface area contributed by atoms with Gasteiger partial charge in [-0.15, -0.1) is 0 Å². The second kappa shape index (κ2) is 7.39. The summed E-state index contributed by atoms with van der Waals surface area (Å²) in [6.07, 6.45) is 1.42. The molecule has 0 saturated carbocycles. The summed E-state index contributed by atoms with van der Waals surface area (Å²) in [5.74, 6) is -0.532. The first kappa shape index (κ1) is 17.7. The summed E-state index contributed by atoms with van der Waals surface area (Å²) in [7, 11) is 0. The highest BCUT2D eigenvalue weighted by atomic mass is 16.5. The van der Waals surface area contributed by atoms with Gasteiger partial charge in [-0.05, 0) is 38.5 Å². The molecule has 0 amide bonds. The normalized spacial score (nSPS) is 10.7. The molecule has 0 atom stereocenters. The number of esters is 2. The molecule has 0 aliphatic carbocycles. The van der Waals surface area contributed by atoms with E-state index in [0.717, 1.165) is 16.5 Å². The lowest BCUT2D eigenvalue weighted by Crippen LogP contribution is -2.15. The van der Waals surface area contributed by atoms with E-state index in [2.05, 4.69) is 4.98 Å². The fourth-order valence-electron chi connectivity index (χ4n) is 2.83. The fourth-order valence-corrected chi connectivity index (χ4v) is 2.83. The summed E-state index contributed by atoms with van der Waals surface area (Å²) < 4.78 is 15.6. The predicted octanol–water partition coefficient (Wildman–Crippen LogP) is 3.98. The first-order valence-corrected chi connectivity index (χ1v) is 8.29. The van der Waals surface area contributed by atoms with Crippen LogP contribution in [0.5, 0.6) is 0 Å². The maximum absolute atomic E-state index is 12.4. The van der Waals surface area contributed by atoms with Crippen LogP contribution < -0.4 is 0 Å². The first-order chi connectivity index (χ1) is 12.5. The van der Waals surface area contributed by atoms with E-state index in [0.29, 0.717) is 22.6 Å². The van der Waals surface area contributed by atoms with Gasteiger partial charge in [-0.3, -0.25) is 0 Å². The summed E-state index contributed by atoms with van der Waals surface area (Å²) in [5, 5.41) is 0.858. The number of benzene rings is 1. The van der Waals surface area contributed by atoms with Gasteiger partial charge in [0.25, 0.3) is 0 Å². The summed E-state index contributed by atoms with van der Waals surface area (Å²) in [6, 6.07) is 9.04. The number of rotatable bonds is 5. The number of hydrogen-bond donors (Lipinski definition) is 0. The van der Waals surface area contributed by atoms with Crippen molar-refractivity contribution in [2.45, 2.75) is 27.4 Å². The molecule has 0 saturated heterocycles. The van der Waals surface area contributed by atoms with E-state index in [1.807, 2.05) is 31.2 Å². The third-order valence-electron chi connectivity index (χ3n) is 4.13. The Hall–Kier alpha value is -3.15. The highest BCUT2D eigenvalue weighted by molar-refractivity contribution is 5.98. The molecule has 0 fully saturated rings. The lowest BCUT2D eigenvalue weighted by molar-refractivity contribution is 0.0443. The van der Waals surface area contributed by atoms with Crippen LogP contribution in [0, 0.1) is 13.8 Å². The van der Waals surface area contributed by atoms with Crippen LogP contribution in [0.1, 0.15) is 44.7 Å². The second-order valence-electron chi connectivity index (χ2n) is 5.76. The molecule has 0 N–H and O–H groups in total. The highest BCUT2D eigenvalue weighted by Crippen LogP contribution is 2.24. The van der Waals surface area contributed by atoms with Gasteiger partial charge in [0.1, 0.15) is 17.9 Å². The molecule has 0 bridgehead atoms. The maximum atomic E-state index is 12.4. The molecule has 134 valence electrons. The van der Waals surface area contributed by atoms with Crippen molar-refractivity contribution in [3.8, 4) is 0 Å². The standard InChI is InChI=1S/C20H19NO5/c1-4-24-20(23)18-12(2)14-7-5-6-8-16(14)21-17(18)11-26-19(22)15-9-10-25-13(15)3/h5-10H,4,11H2,1-3H3. The van der Waals surface area contributed by atoms with E-state index in [-0.39, 0.29) is 13.2 Å². The van der Waals surface area contributed by atoms with Gasteiger partial charge in [-0.1, -0.05) is 18.2 Å². The minimum absolute atomic E-state index is 0.136. The molecule has 26 heavy (non-hydrogen) atoms. The van der Waals surface area contributed by atoms with Gasteiger partial charge in [-0.25, -0.2) is 14.6 Å². The molecule has 3 aromatic rings. The molecule has 2 aromatic heterocycles. The molecular formula is C20H19NO5. The Morgan fingerprint density at radius 3 is 2.54 bits per heavy atom. The molecule has 1 aromatic carbocycles. The molecule has 3 rings (SSSR count). The van der Waals surface area contributed by atoms with E-state index in [1.165, 1.54) is 6.26 Å². The van der Waals surface area contributed by atoms with Gasteiger partial charge < -0.3 is 13.9 Å². The Morgan fingerprint density at radius 2 is 1.85 bits per heavy atom. The lowest BCUT2D eigenvalue weighted by atomic mass is 10.0. The summed E-state index contributed by atoms with van der Waals surface area (Å²) in [5.41, 5.74) is 2.53. The molecule has 6 heteroatoms. The molecule has 0 spiro atoms. The van der Waals surface area contributed by atoms with E-state index < -0.39 is 11.9 Å². The zero-order chi connectivity index (χ0) is 18.7. The average molecular weight is 353 g/mol. The second-order valence-corrected chi connectivity index (χ2v) is 5.76. The van der Waals surface area contributed by atoms with Crippen LogP contribution in [0.3, 0.4) is 0 Å². The minimum Gasteiger partial charge on any atom is -0.469 e. The first-order valence-electron chi connectivity index (χ1n) is 8.29. The van der Waals surface area contributed by atoms with Gasteiger partial charge in [0.15, 0.2) is 0 Å². The Balaban J connectivity index is 1.98. The molecule has 0 radical (unpaired) electrons. The summed E-state index contributed by atoms with van der Waals surface area (Å²) >= 11 is 0. The van der Waals surface area contributed by atoms with Crippen molar-refractivity contribution in [2.75, 3.05) is 6.61 Å². The topological polar surface area (TPSA) is 78.6 Å². The molecule has 0 aliphatic heterocycles. The van der Waals surface area contributed by atoms with Crippen LogP contribution in [0.15, 0.2) is 41.0 Å². The average Bonchev–Trinajstić information content (AvgIpc) is 3.06. The predicted molar refractivity (Wildman–Crippen MR) is 95.0 cm³/mol. The van der Waals surface area contributed by atoms with Gasteiger partial charge in [0, 0.05) is 5.39 Å². The number of pyridine rings is 1. The van der Waals surface area contributed by atoms with Crippen LogP contribution in [0.4, 0.5) is 0 Å². The smallest absolute Gasteiger partial charge is 0.342 e. The largest absolute Gasteiger partial charge is 0.469 e. The third-order valence-corrected chi connectivity index (χ3v) is 4.13. The number of nitrogens with zero attached hydrogens (tertiary/aromatic N) is 1. The van der Waals surface area contributed by atoms with E-state index in [9.17, 15) is 9.59 Å². The van der Waals surface area contributed by atoms with Crippen molar-refractivity contribution in [3.05, 3.63) is 64.7 Å². The van der Waals surface area contributed by atoms with Gasteiger partial charge >= 0.3 is 11.9 Å². The van der Waals surface area contributed by atoms with Crippen molar-refractivity contribution in [2.24, 2.45) is 0 Å². The molecule has 0 unspecified atom stereocenters. The van der Waals surface area contributed by atoms with Crippen molar-refractivity contribution < 1.29 is 23.5 Å². The molecule has 6 nitrogen and oxygen atoms in total. The zero-order valence-electron chi connectivity index (χ0n) is 14.9. The van der Waals surface area contributed by atoms with Crippen LogP contribution >= 0.6 is 0 Å². The highest BCUT2D eigenvalue weighted by Gasteiger charge is 2.22. The Bertz CT molecular complexity index is 973. The van der Waals surface area contributed by atoms with E-state index >= 15 is 0 Å². The molecule has 2 heterocycles. The van der Waals surface area contributed by atoms with Gasteiger partial charge in [0.05, 0.1) is 29.6 Å². The maximum Gasteiger partial charge on any atom is 0.342 e. The molecule has 0 aliphatic rings. The van der Waals surface area contributed by atoms with Crippen LogP contribution in [-0.2, 0) is 16.1 Å².